The molecule has 1 aromatic heterocycles. The fraction of sp³-hybridized carbons (Fsp3) is 0.200. The molecule has 84 valence electrons. The fourth-order valence-electron chi connectivity index (χ4n) is 1.14. The molecule has 0 atom stereocenters. The van der Waals surface area contributed by atoms with Gasteiger partial charge in [-0.3, -0.25) is 0 Å². The number of rotatable bonds is 4. The maximum absolute atomic E-state index is 12.8. The van der Waals surface area contributed by atoms with Gasteiger partial charge >= 0.3 is 0 Å². The first kappa shape index (κ1) is 10.6. The van der Waals surface area contributed by atoms with Crippen LogP contribution in [0.5, 0.6) is 5.75 Å². The Kier molecular flexibility index (Phi) is 3.11. The summed E-state index contributed by atoms with van der Waals surface area (Å²) >= 11 is 0. The van der Waals surface area contributed by atoms with E-state index in [0.717, 1.165) is 0 Å². The third kappa shape index (κ3) is 2.54. The minimum atomic E-state index is -0.353. The molecule has 0 spiro atoms. The van der Waals surface area contributed by atoms with Crippen molar-refractivity contribution in [3.63, 3.8) is 0 Å². The van der Waals surface area contributed by atoms with Crippen molar-refractivity contribution in [2.75, 3.05) is 0 Å². The second-order valence-corrected chi connectivity index (χ2v) is 3.05. The predicted molar refractivity (Wildman–Crippen MR) is 52.9 cm³/mol. The SMILES string of the molecule is NCc1nc(COc2cccc(F)c2)no1. The van der Waals surface area contributed by atoms with Crippen LogP contribution in [-0.2, 0) is 13.2 Å². The van der Waals surface area contributed by atoms with E-state index in [1.54, 1.807) is 12.1 Å². The Balaban J connectivity index is 1.96. The number of nitrogens with zero attached hydrogens (tertiary/aromatic N) is 2. The van der Waals surface area contributed by atoms with Gasteiger partial charge in [0.2, 0.25) is 11.7 Å². The van der Waals surface area contributed by atoms with Crippen molar-refractivity contribution in [1.29, 1.82) is 0 Å². The first-order chi connectivity index (χ1) is 7.78. The molecule has 0 radical (unpaired) electrons. The molecule has 1 heterocycles. The number of hydrogen-bond acceptors (Lipinski definition) is 5. The number of aromatic nitrogens is 2. The van der Waals surface area contributed by atoms with Crippen LogP contribution in [0.15, 0.2) is 28.8 Å². The van der Waals surface area contributed by atoms with Gasteiger partial charge in [0.1, 0.15) is 11.6 Å². The summed E-state index contributed by atoms with van der Waals surface area (Å²) in [6.07, 6.45) is 0. The molecule has 0 aliphatic rings. The Morgan fingerprint density at radius 1 is 1.44 bits per heavy atom. The van der Waals surface area contributed by atoms with Crippen LogP contribution >= 0.6 is 0 Å². The van der Waals surface area contributed by atoms with Gasteiger partial charge in [0.15, 0.2) is 6.61 Å². The largest absolute Gasteiger partial charge is 0.485 e. The van der Waals surface area contributed by atoms with Crippen LogP contribution in [0.4, 0.5) is 4.39 Å². The third-order valence-electron chi connectivity index (χ3n) is 1.85. The highest BCUT2D eigenvalue weighted by molar-refractivity contribution is 5.22. The highest BCUT2D eigenvalue weighted by atomic mass is 19.1. The van der Waals surface area contributed by atoms with Crippen LogP contribution in [0.2, 0.25) is 0 Å². The number of benzene rings is 1. The average molecular weight is 223 g/mol. The molecular formula is C10H10FN3O2. The van der Waals surface area contributed by atoms with Crippen molar-refractivity contribution in [1.82, 2.24) is 10.1 Å². The monoisotopic (exact) mass is 223 g/mol. The summed E-state index contributed by atoms with van der Waals surface area (Å²) < 4.78 is 22.9. The van der Waals surface area contributed by atoms with Crippen LogP contribution in [0.25, 0.3) is 0 Å². The van der Waals surface area contributed by atoms with Crippen LogP contribution < -0.4 is 10.5 Å². The zero-order chi connectivity index (χ0) is 11.4. The maximum Gasteiger partial charge on any atom is 0.240 e. The summed E-state index contributed by atoms with van der Waals surface area (Å²) in [6, 6.07) is 5.83. The smallest absolute Gasteiger partial charge is 0.240 e. The van der Waals surface area contributed by atoms with E-state index in [0.29, 0.717) is 17.5 Å². The van der Waals surface area contributed by atoms with E-state index in [1.807, 2.05) is 0 Å². The highest BCUT2D eigenvalue weighted by Crippen LogP contribution is 2.13. The summed E-state index contributed by atoms with van der Waals surface area (Å²) in [6.45, 7) is 0.305. The Labute approximate surface area is 91.0 Å². The summed E-state index contributed by atoms with van der Waals surface area (Å²) in [7, 11) is 0. The topological polar surface area (TPSA) is 74.2 Å². The van der Waals surface area contributed by atoms with E-state index in [9.17, 15) is 4.39 Å². The van der Waals surface area contributed by atoms with Gasteiger partial charge in [0, 0.05) is 6.07 Å². The van der Waals surface area contributed by atoms with Crippen LogP contribution in [0, 0.1) is 5.82 Å². The lowest BCUT2D eigenvalue weighted by Gasteiger charge is -2.02. The van der Waals surface area contributed by atoms with Crippen molar-refractivity contribution in [3.05, 3.63) is 41.8 Å². The first-order valence-electron chi connectivity index (χ1n) is 4.68. The molecule has 2 aromatic rings. The van der Waals surface area contributed by atoms with Crippen LogP contribution in [0.3, 0.4) is 0 Å². The zero-order valence-electron chi connectivity index (χ0n) is 8.39. The lowest BCUT2D eigenvalue weighted by Crippen LogP contribution is -1.99. The van der Waals surface area contributed by atoms with Gasteiger partial charge in [-0.05, 0) is 12.1 Å². The lowest BCUT2D eigenvalue weighted by molar-refractivity contribution is 0.284. The van der Waals surface area contributed by atoms with Gasteiger partial charge in [-0.2, -0.15) is 4.98 Å². The van der Waals surface area contributed by atoms with Gasteiger partial charge in [0.05, 0.1) is 6.54 Å². The Morgan fingerprint density at radius 3 is 3.00 bits per heavy atom. The van der Waals surface area contributed by atoms with Gasteiger partial charge in [0.25, 0.3) is 0 Å². The fourth-order valence-corrected chi connectivity index (χ4v) is 1.14. The van der Waals surface area contributed by atoms with Gasteiger partial charge < -0.3 is 15.0 Å². The van der Waals surface area contributed by atoms with Crippen LogP contribution in [0.1, 0.15) is 11.7 Å². The van der Waals surface area contributed by atoms with Crippen LogP contribution in [-0.4, -0.2) is 10.1 Å². The van der Waals surface area contributed by atoms with Crippen molar-refractivity contribution in [2.45, 2.75) is 13.2 Å². The van der Waals surface area contributed by atoms with Crippen molar-refractivity contribution < 1.29 is 13.7 Å². The molecule has 0 saturated carbocycles. The Morgan fingerprint density at radius 2 is 2.31 bits per heavy atom. The summed E-state index contributed by atoms with van der Waals surface area (Å²) in [5.74, 6) is 0.787. The first-order valence-corrected chi connectivity index (χ1v) is 4.68. The van der Waals surface area contributed by atoms with E-state index >= 15 is 0 Å². The second-order valence-electron chi connectivity index (χ2n) is 3.05. The molecule has 0 bridgehead atoms. The second kappa shape index (κ2) is 4.71. The van der Waals surface area contributed by atoms with Crippen molar-refractivity contribution in [2.24, 2.45) is 5.73 Å². The van der Waals surface area contributed by atoms with Gasteiger partial charge in [-0.15, -0.1) is 0 Å². The molecular weight excluding hydrogens is 213 g/mol. The minimum Gasteiger partial charge on any atom is -0.485 e. The normalized spacial score (nSPS) is 10.4. The Bertz CT molecular complexity index is 473. The molecule has 0 unspecified atom stereocenters. The molecule has 5 nitrogen and oxygen atoms in total. The summed E-state index contributed by atoms with van der Waals surface area (Å²) in [5, 5.41) is 3.64. The molecule has 0 aliphatic carbocycles. The highest BCUT2D eigenvalue weighted by Gasteiger charge is 2.05. The van der Waals surface area contributed by atoms with E-state index in [4.69, 9.17) is 15.0 Å². The lowest BCUT2D eigenvalue weighted by atomic mass is 10.3. The number of hydrogen-bond donors (Lipinski definition) is 1. The number of ether oxygens (including phenoxy) is 1. The molecule has 6 heteroatoms. The summed E-state index contributed by atoms with van der Waals surface area (Å²) in [5.41, 5.74) is 5.30. The van der Waals surface area contributed by atoms with Gasteiger partial charge in [-0.1, -0.05) is 11.2 Å². The molecule has 1 aromatic carbocycles. The van der Waals surface area contributed by atoms with Gasteiger partial charge in [-0.25, -0.2) is 4.39 Å². The maximum atomic E-state index is 12.8. The number of nitrogens with two attached hydrogens (primary N) is 1. The third-order valence-corrected chi connectivity index (χ3v) is 1.85. The molecule has 2 rings (SSSR count). The van der Waals surface area contributed by atoms with E-state index in [2.05, 4.69) is 10.1 Å². The van der Waals surface area contributed by atoms with E-state index in [1.165, 1.54) is 12.1 Å². The van der Waals surface area contributed by atoms with Crippen molar-refractivity contribution in [3.8, 4) is 5.75 Å². The molecule has 0 aliphatic heterocycles. The number of halogens is 1. The molecule has 0 saturated heterocycles. The van der Waals surface area contributed by atoms with E-state index < -0.39 is 0 Å². The quantitative estimate of drug-likeness (QED) is 0.844. The molecule has 16 heavy (non-hydrogen) atoms. The molecule has 0 amide bonds. The molecule has 2 N–H and O–H groups in total. The minimum absolute atomic E-state index is 0.118. The summed E-state index contributed by atoms with van der Waals surface area (Å²) in [4.78, 5) is 3.94. The predicted octanol–water partition coefficient (Wildman–Crippen LogP) is 1.25. The standard InChI is InChI=1S/C10H10FN3O2/c11-7-2-1-3-8(4-7)15-6-9-13-10(5-12)16-14-9/h1-4H,5-6,12H2. The zero-order valence-corrected chi connectivity index (χ0v) is 8.39. The molecule has 0 fully saturated rings. The van der Waals surface area contributed by atoms with E-state index in [-0.39, 0.29) is 19.0 Å². The average Bonchev–Trinajstić information content (AvgIpc) is 2.74. The Hall–Kier alpha value is -1.95. The van der Waals surface area contributed by atoms with Crippen molar-refractivity contribution >= 4 is 0 Å².